The molecular formula is C10H16ClN3. The Balaban J connectivity index is 2.49. The number of hydrogen-bond donors (Lipinski definition) is 1. The molecule has 2 rings (SSSR count). The van der Waals surface area contributed by atoms with Crippen LogP contribution in [0.4, 0.5) is 0 Å². The van der Waals surface area contributed by atoms with Crippen LogP contribution in [-0.2, 0) is 18.5 Å². The molecule has 0 aromatic carbocycles. The van der Waals surface area contributed by atoms with Gasteiger partial charge in [0.25, 0.3) is 0 Å². The van der Waals surface area contributed by atoms with E-state index < -0.39 is 0 Å². The van der Waals surface area contributed by atoms with Crippen molar-refractivity contribution in [3.05, 3.63) is 16.4 Å². The van der Waals surface area contributed by atoms with Crippen molar-refractivity contribution in [1.82, 2.24) is 15.1 Å². The lowest BCUT2D eigenvalue weighted by Crippen LogP contribution is -2.28. The molecule has 0 aliphatic carbocycles. The Labute approximate surface area is 89.4 Å². The molecule has 1 aliphatic rings. The van der Waals surface area contributed by atoms with E-state index in [4.69, 9.17) is 11.6 Å². The molecule has 78 valence electrons. The van der Waals surface area contributed by atoms with Gasteiger partial charge in [-0.2, -0.15) is 5.10 Å². The molecule has 0 saturated heterocycles. The number of rotatable bonds is 0. The average molecular weight is 214 g/mol. The minimum atomic E-state index is 0.0292. The normalized spacial score (nSPS) is 16.9. The maximum atomic E-state index is 6.30. The van der Waals surface area contributed by atoms with E-state index in [1.807, 2.05) is 4.68 Å². The molecule has 1 aromatic heterocycles. The standard InChI is InChI=1S/C10H16ClN3/c1-10(2,3)9-8(11)7-6-12-4-5-14(7)13-9/h12H,4-6H2,1-3H3. The van der Waals surface area contributed by atoms with Crippen LogP contribution in [0.15, 0.2) is 0 Å². The fourth-order valence-electron chi connectivity index (χ4n) is 1.70. The summed E-state index contributed by atoms with van der Waals surface area (Å²) < 4.78 is 2.03. The summed E-state index contributed by atoms with van der Waals surface area (Å²) in [5, 5.41) is 8.71. The van der Waals surface area contributed by atoms with Crippen LogP contribution < -0.4 is 5.32 Å². The van der Waals surface area contributed by atoms with Crippen LogP contribution in [0.2, 0.25) is 5.02 Å². The van der Waals surface area contributed by atoms with Crippen molar-refractivity contribution in [2.24, 2.45) is 0 Å². The van der Waals surface area contributed by atoms with E-state index in [1.54, 1.807) is 0 Å². The van der Waals surface area contributed by atoms with E-state index in [0.29, 0.717) is 0 Å². The zero-order valence-electron chi connectivity index (χ0n) is 8.89. The van der Waals surface area contributed by atoms with Gasteiger partial charge in [0.2, 0.25) is 0 Å². The second-order valence-corrected chi connectivity index (χ2v) is 5.14. The van der Waals surface area contributed by atoms with Gasteiger partial charge >= 0.3 is 0 Å². The van der Waals surface area contributed by atoms with E-state index in [-0.39, 0.29) is 5.41 Å². The maximum Gasteiger partial charge on any atom is 0.0868 e. The van der Waals surface area contributed by atoms with Crippen molar-refractivity contribution in [3.8, 4) is 0 Å². The molecule has 0 radical (unpaired) electrons. The summed E-state index contributed by atoms with van der Waals surface area (Å²) >= 11 is 6.30. The minimum absolute atomic E-state index is 0.0292. The van der Waals surface area contributed by atoms with Crippen LogP contribution in [0.1, 0.15) is 32.2 Å². The predicted molar refractivity (Wildman–Crippen MR) is 57.6 cm³/mol. The molecule has 2 heterocycles. The van der Waals surface area contributed by atoms with Crippen molar-refractivity contribution in [3.63, 3.8) is 0 Å². The summed E-state index contributed by atoms with van der Waals surface area (Å²) in [4.78, 5) is 0. The van der Waals surface area contributed by atoms with Crippen LogP contribution in [0.25, 0.3) is 0 Å². The lowest BCUT2D eigenvalue weighted by molar-refractivity contribution is 0.463. The minimum Gasteiger partial charge on any atom is -0.309 e. The number of aromatic nitrogens is 2. The SMILES string of the molecule is CC(C)(C)c1nn2c(c1Cl)CNCC2. The fraction of sp³-hybridized carbons (Fsp3) is 0.700. The quantitative estimate of drug-likeness (QED) is 0.714. The van der Waals surface area contributed by atoms with E-state index in [1.165, 1.54) is 0 Å². The predicted octanol–water partition coefficient (Wildman–Crippen LogP) is 1.94. The molecule has 0 atom stereocenters. The van der Waals surface area contributed by atoms with E-state index in [0.717, 1.165) is 36.0 Å². The zero-order valence-corrected chi connectivity index (χ0v) is 9.65. The highest BCUT2D eigenvalue weighted by Gasteiger charge is 2.26. The number of halogens is 1. The van der Waals surface area contributed by atoms with Gasteiger partial charge in [0.05, 0.1) is 23.0 Å². The molecule has 0 spiro atoms. The number of fused-ring (bicyclic) bond motifs is 1. The summed E-state index contributed by atoms with van der Waals surface area (Å²) in [6.45, 7) is 9.16. The van der Waals surface area contributed by atoms with Gasteiger partial charge < -0.3 is 5.32 Å². The molecule has 14 heavy (non-hydrogen) atoms. The van der Waals surface area contributed by atoms with Crippen molar-refractivity contribution < 1.29 is 0 Å². The Hall–Kier alpha value is -0.540. The summed E-state index contributed by atoms with van der Waals surface area (Å²) in [6.07, 6.45) is 0. The second-order valence-electron chi connectivity index (χ2n) is 4.76. The molecular weight excluding hydrogens is 198 g/mol. The monoisotopic (exact) mass is 213 g/mol. The van der Waals surface area contributed by atoms with Crippen LogP contribution in [0.3, 0.4) is 0 Å². The van der Waals surface area contributed by atoms with Gasteiger partial charge in [0.15, 0.2) is 0 Å². The van der Waals surface area contributed by atoms with Crippen molar-refractivity contribution >= 4 is 11.6 Å². The molecule has 0 fully saturated rings. The maximum absolute atomic E-state index is 6.30. The third-order valence-corrected chi connectivity index (χ3v) is 2.89. The third kappa shape index (κ3) is 1.55. The Morgan fingerprint density at radius 1 is 1.43 bits per heavy atom. The molecule has 0 unspecified atom stereocenters. The highest BCUT2D eigenvalue weighted by atomic mass is 35.5. The Kier molecular flexibility index (Phi) is 2.32. The highest BCUT2D eigenvalue weighted by Crippen LogP contribution is 2.31. The highest BCUT2D eigenvalue weighted by molar-refractivity contribution is 6.32. The molecule has 0 amide bonds. The zero-order chi connectivity index (χ0) is 10.3. The van der Waals surface area contributed by atoms with Crippen molar-refractivity contribution in [2.45, 2.75) is 39.3 Å². The first kappa shape index (κ1) is 9.99. The number of hydrogen-bond acceptors (Lipinski definition) is 2. The lowest BCUT2D eigenvalue weighted by atomic mass is 9.92. The number of nitrogens with zero attached hydrogens (tertiary/aromatic N) is 2. The summed E-state index contributed by atoms with van der Waals surface area (Å²) in [6, 6.07) is 0. The Morgan fingerprint density at radius 3 is 2.71 bits per heavy atom. The molecule has 1 N–H and O–H groups in total. The van der Waals surface area contributed by atoms with E-state index >= 15 is 0 Å². The van der Waals surface area contributed by atoms with Crippen molar-refractivity contribution in [2.75, 3.05) is 6.54 Å². The summed E-state index contributed by atoms with van der Waals surface area (Å²) in [5.41, 5.74) is 2.17. The average Bonchev–Trinajstić information content (AvgIpc) is 2.44. The second kappa shape index (κ2) is 3.24. The van der Waals surface area contributed by atoms with Gasteiger partial charge in [-0.3, -0.25) is 4.68 Å². The largest absolute Gasteiger partial charge is 0.309 e. The van der Waals surface area contributed by atoms with Gasteiger partial charge in [-0.15, -0.1) is 0 Å². The van der Waals surface area contributed by atoms with Gasteiger partial charge in [0.1, 0.15) is 0 Å². The summed E-state index contributed by atoms with van der Waals surface area (Å²) in [7, 11) is 0. The van der Waals surface area contributed by atoms with Crippen LogP contribution in [0.5, 0.6) is 0 Å². The molecule has 0 saturated carbocycles. The lowest BCUT2D eigenvalue weighted by Gasteiger charge is -2.15. The topological polar surface area (TPSA) is 29.9 Å². The molecule has 3 nitrogen and oxygen atoms in total. The Morgan fingerprint density at radius 2 is 2.14 bits per heavy atom. The van der Waals surface area contributed by atoms with Crippen molar-refractivity contribution in [1.29, 1.82) is 0 Å². The van der Waals surface area contributed by atoms with E-state index in [2.05, 4.69) is 31.2 Å². The molecule has 1 aliphatic heterocycles. The first-order valence-electron chi connectivity index (χ1n) is 4.96. The first-order valence-corrected chi connectivity index (χ1v) is 5.34. The van der Waals surface area contributed by atoms with Crippen LogP contribution in [-0.4, -0.2) is 16.3 Å². The van der Waals surface area contributed by atoms with Gasteiger partial charge in [-0.25, -0.2) is 0 Å². The molecule has 1 aromatic rings. The summed E-state index contributed by atoms with van der Waals surface area (Å²) in [5.74, 6) is 0. The van der Waals surface area contributed by atoms with Gasteiger partial charge in [-0.1, -0.05) is 32.4 Å². The van der Waals surface area contributed by atoms with Gasteiger partial charge in [0, 0.05) is 18.5 Å². The molecule has 0 bridgehead atoms. The fourth-order valence-corrected chi connectivity index (χ4v) is 2.19. The van der Waals surface area contributed by atoms with E-state index in [9.17, 15) is 0 Å². The Bertz CT molecular complexity index is 349. The van der Waals surface area contributed by atoms with Crippen LogP contribution in [0, 0.1) is 0 Å². The van der Waals surface area contributed by atoms with Crippen LogP contribution >= 0.6 is 11.6 Å². The van der Waals surface area contributed by atoms with Gasteiger partial charge in [-0.05, 0) is 0 Å². The smallest absolute Gasteiger partial charge is 0.0868 e. The molecule has 4 heteroatoms. The third-order valence-electron chi connectivity index (χ3n) is 2.50. The first-order chi connectivity index (χ1) is 6.50. The number of nitrogens with one attached hydrogen (secondary N) is 1.